The number of rotatable bonds is 4. The van der Waals surface area contributed by atoms with Crippen molar-refractivity contribution in [3.8, 4) is 22.8 Å². The predicted octanol–water partition coefficient (Wildman–Crippen LogP) is 5.16. The Balaban J connectivity index is 1.30. The predicted molar refractivity (Wildman–Crippen MR) is 137 cm³/mol. The number of halogens is 1. The van der Waals surface area contributed by atoms with Gasteiger partial charge in [-0.2, -0.15) is 0 Å². The van der Waals surface area contributed by atoms with Crippen LogP contribution in [0.5, 0.6) is 11.6 Å². The van der Waals surface area contributed by atoms with Crippen LogP contribution in [0.15, 0.2) is 24.4 Å². The van der Waals surface area contributed by atoms with E-state index in [0.29, 0.717) is 58.5 Å². The number of carbonyl (C=O) groups excluding carboxylic acids is 1. The SMILES string of the molecule is Cc1nc(NC2CCC(NC(=O)OC(C)(C)C)CC2)nc2ccc(-c3ccnc4c3OCCO4)c(F)c12. The van der Waals surface area contributed by atoms with E-state index in [0.717, 1.165) is 25.7 Å². The first kappa shape index (κ1) is 25.0. The molecule has 2 aliphatic rings. The summed E-state index contributed by atoms with van der Waals surface area (Å²) >= 11 is 0. The third kappa shape index (κ3) is 5.52. The van der Waals surface area contributed by atoms with Crippen molar-refractivity contribution in [1.82, 2.24) is 20.3 Å². The van der Waals surface area contributed by atoms with Crippen LogP contribution in [-0.4, -0.2) is 51.9 Å². The number of amides is 1. The van der Waals surface area contributed by atoms with Crippen LogP contribution in [0, 0.1) is 12.7 Å². The number of aryl methyl sites for hydroxylation is 1. The van der Waals surface area contributed by atoms with Crippen molar-refractivity contribution in [3.63, 3.8) is 0 Å². The number of pyridine rings is 1. The van der Waals surface area contributed by atoms with Crippen molar-refractivity contribution >= 4 is 22.9 Å². The van der Waals surface area contributed by atoms with Gasteiger partial charge in [-0.05, 0) is 71.6 Å². The molecule has 10 heteroatoms. The fourth-order valence-electron chi connectivity index (χ4n) is 4.83. The Kier molecular flexibility index (Phi) is 6.74. The maximum absolute atomic E-state index is 15.8. The molecule has 9 nitrogen and oxygen atoms in total. The van der Waals surface area contributed by atoms with Crippen molar-refractivity contribution in [2.75, 3.05) is 18.5 Å². The van der Waals surface area contributed by atoms with E-state index < -0.39 is 11.4 Å². The molecule has 1 aliphatic heterocycles. The number of hydrogen-bond donors (Lipinski definition) is 2. The van der Waals surface area contributed by atoms with Crippen molar-refractivity contribution in [2.24, 2.45) is 0 Å². The number of hydrogen-bond acceptors (Lipinski definition) is 8. The number of fused-ring (bicyclic) bond motifs is 2. The topological polar surface area (TPSA) is 107 Å². The highest BCUT2D eigenvalue weighted by Gasteiger charge is 2.26. The number of carbonyl (C=O) groups is 1. The van der Waals surface area contributed by atoms with E-state index in [1.807, 2.05) is 20.8 Å². The van der Waals surface area contributed by atoms with Gasteiger partial charge in [-0.25, -0.2) is 24.1 Å². The molecular weight excluding hydrogens is 477 g/mol. The Morgan fingerprint density at radius 1 is 1.03 bits per heavy atom. The maximum atomic E-state index is 15.8. The summed E-state index contributed by atoms with van der Waals surface area (Å²) < 4.78 is 32.4. The lowest BCUT2D eigenvalue weighted by Gasteiger charge is -2.30. The summed E-state index contributed by atoms with van der Waals surface area (Å²) in [6.07, 6.45) is 4.55. The van der Waals surface area contributed by atoms with E-state index in [1.165, 1.54) is 0 Å². The Morgan fingerprint density at radius 3 is 2.51 bits per heavy atom. The van der Waals surface area contributed by atoms with Crippen LogP contribution in [0.2, 0.25) is 0 Å². The van der Waals surface area contributed by atoms with Gasteiger partial charge < -0.3 is 24.8 Å². The molecule has 1 aromatic carbocycles. The third-order valence-corrected chi connectivity index (χ3v) is 6.49. The lowest BCUT2D eigenvalue weighted by molar-refractivity contribution is 0.0492. The lowest BCUT2D eigenvalue weighted by atomic mass is 9.91. The Bertz CT molecular complexity index is 1320. The van der Waals surface area contributed by atoms with Crippen LogP contribution < -0.4 is 20.1 Å². The van der Waals surface area contributed by atoms with Crippen molar-refractivity contribution < 1.29 is 23.4 Å². The van der Waals surface area contributed by atoms with E-state index in [4.69, 9.17) is 14.2 Å². The van der Waals surface area contributed by atoms with Crippen LogP contribution in [0.4, 0.5) is 15.1 Å². The molecule has 1 amide bonds. The molecule has 0 unspecified atom stereocenters. The van der Waals surface area contributed by atoms with Gasteiger partial charge in [0.05, 0.1) is 16.6 Å². The summed E-state index contributed by atoms with van der Waals surface area (Å²) in [5.74, 6) is 0.879. The molecule has 1 saturated carbocycles. The summed E-state index contributed by atoms with van der Waals surface area (Å²) in [6, 6.07) is 5.46. The number of benzene rings is 1. The third-order valence-electron chi connectivity index (χ3n) is 6.49. The Labute approximate surface area is 215 Å². The number of nitrogens with one attached hydrogen (secondary N) is 2. The fraction of sp³-hybridized carbons (Fsp3) is 0.481. The number of nitrogens with zero attached hydrogens (tertiary/aromatic N) is 3. The molecular formula is C27H32FN5O4. The van der Waals surface area contributed by atoms with Gasteiger partial charge in [0.1, 0.15) is 24.6 Å². The second kappa shape index (κ2) is 9.99. The van der Waals surface area contributed by atoms with Gasteiger partial charge in [0.2, 0.25) is 5.95 Å². The van der Waals surface area contributed by atoms with Gasteiger partial charge in [0, 0.05) is 29.4 Å². The summed E-state index contributed by atoms with van der Waals surface area (Å²) in [5, 5.41) is 6.72. The highest BCUT2D eigenvalue weighted by molar-refractivity contribution is 5.89. The van der Waals surface area contributed by atoms with Gasteiger partial charge in [-0.15, -0.1) is 0 Å². The molecule has 0 spiro atoms. The average molecular weight is 510 g/mol. The number of alkyl carbamates (subject to hydrolysis) is 1. The molecule has 3 heterocycles. The smallest absolute Gasteiger partial charge is 0.407 e. The first-order valence-electron chi connectivity index (χ1n) is 12.7. The highest BCUT2D eigenvalue weighted by Crippen LogP contribution is 2.40. The molecule has 196 valence electrons. The van der Waals surface area contributed by atoms with Gasteiger partial charge in [0.25, 0.3) is 5.88 Å². The molecule has 0 bridgehead atoms. The van der Waals surface area contributed by atoms with Gasteiger partial charge in [0.15, 0.2) is 5.75 Å². The molecule has 37 heavy (non-hydrogen) atoms. The summed E-state index contributed by atoms with van der Waals surface area (Å²) in [7, 11) is 0. The monoisotopic (exact) mass is 509 g/mol. The maximum Gasteiger partial charge on any atom is 0.407 e. The second-order valence-corrected chi connectivity index (χ2v) is 10.5. The molecule has 2 aromatic heterocycles. The second-order valence-electron chi connectivity index (χ2n) is 10.5. The standard InChI is InChI=1S/C27H32FN5O4/c1-15-21-20(10-9-18(22(21)28)19-11-12-29-24-23(19)35-13-14-36-24)33-25(30-15)31-16-5-7-17(8-6-16)32-26(34)37-27(2,3)4/h9-12,16-17H,5-8,13-14H2,1-4H3,(H,32,34)(H,30,31,33). The average Bonchev–Trinajstić information content (AvgIpc) is 2.84. The lowest BCUT2D eigenvalue weighted by Crippen LogP contribution is -2.42. The zero-order valence-corrected chi connectivity index (χ0v) is 21.6. The van der Waals surface area contributed by atoms with Crippen molar-refractivity contribution in [3.05, 3.63) is 35.9 Å². The quantitative estimate of drug-likeness (QED) is 0.497. The normalized spacial score (nSPS) is 19.4. The van der Waals surface area contributed by atoms with Crippen LogP contribution >= 0.6 is 0 Å². The van der Waals surface area contributed by atoms with Gasteiger partial charge in [-0.3, -0.25) is 0 Å². The van der Waals surface area contributed by atoms with Crippen molar-refractivity contribution in [2.45, 2.75) is 71.1 Å². The van der Waals surface area contributed by atoms with Crippen molar-refractivity contribution in [1.29, 1.82) is 0 Å². The minimum atomic E-state index is -0.520. The first-order chi connectivity index (χ1) is 17.7. The first-order valence-corrected chi connectivity index (χ1v) is 12.7. The molecule has 2 N–H and O–H groups in total. The zero-order chi connectivity index (χ0) is 26.2. The number of ether oxygens (including phenoxy) is 3. The van der Waals surface area contributed by atoms with E-state index in [2.05, 4.69) is 25.6 Å². The van der Waals surface area contributed by atoms with E-state index in [9.17, 15) is 4.79 Å². The largest absolute Gasteiger partial charge is 0.484 e. The van der Waals surface area contributed by atoms with E-state index >= 15 is 4.39 Å². The molecule has 1 aliphatic carbocycles. The van der Waals surface area contributed by atoms with Gasteiger partial charge in [-0.1, -0.05) is 0 Å². The molecule has 3 aromatic rings. The molecule has 5 rings (SSSR count). The van der Waals surface area contributed by atoms with Crippen LogP contribution in [0.1, 0.15) is 52.1 Å². The molecule has 0 saturated heterocycles. The van der Waals surface area contributed by atoms with Crippen LogP contribution in [-0.2, 0) is 4.74 Å². The number of aromatic nitrogens is 3. The molecule has 1 fully saturated rings. The molecule has 0 atom stereocenters. The van der Waals surface area contributed by atoms with Gasteiger partial charge >= 0.3 is 6.09 Å². The van der Waals surface area contributed by atoms with Crippen LogP contribution in [0.25, 0.3) is 22.0 Å². The summed E-state index contributed by atoms with van der Waals surface area (Å²) in [5.41, 5.74) is 1.53. The minimum absolute atomic E-state index is 0.0768. The summed E-state index contributed by atoms with van der Waals surface area (Å²) in [4.78, 5) is 25.4. The Hall–Kier alpha value is -3.69. The van der Waals surface area contributed by atoms with E-state index in [-0.39, 0.29) is 18.2 Å². The Morgan fingerprint density at radius 2 is 1.76 bits per heavy atom. The number of anilines is 1. The zero-order valence-electron chi connectivity index (χ0n) is 21.6. The highest BCUT2D eigenvalue weighted by atomic mass is 19.1. The molecule has 0 radical (unpaired) electrons. The van der Waals surface area contributed by atoms with Crippen LogP contribution in [0.3, 0.4) is 0 Å². The summed E-state index contributed by atoms with van der Waals surface area (Å²) in [6.45, 7) is 8.13. The minimum Gasteiger partial charge on any atom is -0.484 e. The fourth-order valence-corrected chi connectivity index (χ4v) is 4.83. The van der Waals surface area contributed by atoms with E-state index in [1.54, 1.807) is 31.3 Å².